The molecule has 0 atom stereocenters. The molecule has 10 heteroatoms. The van der Waals surface area contributed by atoms with Crippen molar-refractivity contribution in [1.29, 1.82) is 0 Å². The lowest BCUT2D eigenvalue weighted by Gasteiger charge is -2.29. The molecule has 1 N–H and O–H groups in total. The molecule has 1 aromatic rings. The minimum Gasteiger partial charge on any atom is -0.478 e. The Morgan fingerprint density at radius 2 is 2.10 bits per heavy atom. The fourth-order valence-corrected chi connectivity index (χ4v) is 1.63. The monoisotopic (exact) mass is 307 g/mol. The lowest BCUT2D eigenvalue weighted by molar-refractivity contribution is -0.385. The van der Waals surface area contributed by atoms with Crippen molar-refractivity contribution in [1.82, 2.24) is 4.98 Å². The summed E-state index contributed by atoms with van der Waals surface area (Å²) in [6.07, 6.45) is -3.84. The van der Waals surface area contributed by atoms with Crippen molar-refractivity contribution < 1.29 is 28.0 Å². The summed E-state index contributed by atoms with van der Waals surface area (Å²) < 4.78 is 37.7. The second-order valence-corrected chi connectivity index (χ2v) is 4.46. The summed E-state index contributed by atoms with van der Waals surface area (Å²) in [5.41, 5.74) is -1.26. The molecule has 0 radical (unpaired) electrons. The molecule has 0 spiro atoms. The zero-order chi connectivity index (χ0) is 16.4. The van der Waals surface area contributed by atoms with Gasteiger partial charge < -0.3 is 10.0 Å². The number of carboxylic acid groups (broad SMARTS) is 1. The van der Waals surface area contributed by atoms with E-state index in [1.54, 1.807) is 0 Å². The van der Waals surface area contributed by atoms with Crippen molar-refractivity contribution in [3.63, 3.8) is 0 Å². The van der Waals surface area contributed by atoms with Gasteiger partial charge in [-0.2, -0.15) is 13.2 Å². The average molecular weight is 307 g/mol. The molecule has 21 heavy (non-hydrogen) atoms. The van der Waals surface area contributed by atoms with Crippen LogP contribution in [0.5, 0.6) is 0 Å². The molecular formula is C11H12F3N3O4. The second kappa shape index (κ2) is 5.94. The highest BCUT2D eigenvalue weighted by Crippen LogP contribution is 2.27. The Morgan fingerprint density at radius 3 is 2.48 bits per heavy atom. The molecule has 0 bridgehead atoms. The Balaban J connectivity index is 3.37. The number of aromatic nitrogens is 1. The Hall–Kier alpha value is -2.39. The van der Waals surface area contributed by atoms with Gasteiger partial charge >= 0.3 is 12.1 Å². The summed E-state index contributed by atoms with van der Waals surface area (Å²) in [4.78, 5) is 25.1. The van der Waals surface area contributed by atoms with Crippen LogP contribution in [0.25, 0.3) is 0 Å². The average Bonchev–Trinajstić information content (AvgIpc) is 2.33. The van der Waals surface area contributed by atoms with Gasteiger partial charge in [0.15, 0.2) is 0 Å². The van der Waals surface area contributed by atoms with Crippen molar-refractivity contribution in [3.05, 3.63) is 27.9 Å². The second-order valence-electron chi connectivity index (χ2n) is 4.46. The van der Waals surface area contributed by atoms with Crippen LogP contribution in [0, 0.1) is 10.1 Å². The fourth-order valence-electron chi connectivity index (χ4n) is 1.63. The van der Waals surface area contributed by atoms with Crippen LogP contribution in [0.4, 0.5) is 24.7 Å². The van der Waals surface area contributed by atoms with Crippen LogP contribution < -0.4 is 4.90 Å². The molecule has 0 aliphatic heterocycles. The maximum absolute atomic E-state index is 12.6. The molecule has 1 heterocycles. The van der Waals surface area contributed by atoms with E-state index in [-0.39, 0.29) is 0 Å². The van der Waals surface area contributed by atoms with Crippen molar-refractivity contribution in [2.24, 2.45) is 0 Å². The summed E-state index contributed by atoms with van der Waals surface area (Å²) in [6, 6.07) is -0.00477. The maximum atomic E-state index is 12.6. The Morgan fingerprint density at radius 1 is 1.52 bits per heavy atom. The van der Waals surface area contributed by atoms with E-state index in [4.69, 9.17) is 5.11 Å². The summed E-state index contributed by atoms with van der Waals surface area (Å²) in [7, 11) is 0. The van der Waals surface area contributed by atoms with Gasteiger partial charge in [-0.25, -0.2) is 9.78 Å². The minimum atomic E-state index is -4.57. The predicted molar refractivity (Wildman–Crippen MR) is 66.4 cm³/mol. The number of carboxylic acids is 1. The minimum absolute atomic E-state index is 0.458. The van der Waals surface area contributed by atoms with Gasteiger partial charge in [0.05, 0.1) is 4.92 Å². The molecule has 0 saturated heterocycles. The third-order valence-electron chi connectivity index (χ3n) is 2.54. The number of pyridine rings is 1. The van der Waals surface area contributed by atoms with Crippen LogP contribution in [-0.4, -0.2) is 39.7 Å². The molecule has 116 valence electrons. The highest BCUT2D eigenvalue weighted by atomic mass is 19.4. The van der Waals surface area contributed by atoms with Crippen LogP contribution in [0.2, 0.25) is 0 Å². The molecule has 1 rings (SSSR count). The summed E-state index contributed by atoms with van der Waals surface area (Å²) in [6.45, 7) is 1.46. The van der Waals surface area contributed by atoms with Crippen molar-refractivity contribution in [2.75, 3.05) is 11.4 Å². The van der Waals surface area contributed by atoms with Gasteiger partial charge in [-0.1, -0.05) is 0 Å². The molecule has 0 aliphatic rings. The fraction of sp³-hybridized carbons (Fsp3) is 0.455. The molecular weight excluding hydrogens is 295 g/mol. The standard InChI is InChI=1S/C11H12F3N3O4/c1-6(2)16(5-11(12,13)14)9-8(10(18)19)3-7(4-15-9)17(20)21/h3-4,6H,5H2,1-2H3,(H,18,19). The first-order chi connectivity index (χ1) is 9.53. The molecule has 0 unspecified atom stereocenters. The smallest absolute Gasteiger partial charge is 0.405 e. The number of anilines is 1. The first-order valence-corrected chi connectivity index (χ1v) is 5.74. The number of nitro groups is 1. The van der Waals surface area contributed by atoms with Gasteiger partial charge in [-0.05, 0) is 13.8 Å². The normalized spacial score (nSPS) is 11.5. The Labute approximate surface area is 117 Å². The highest BCUT2D eigenvalue weighted by molar-refractivity contribution is 5.94. The van der Waals surface area contributed by atoms with Crippen molar-refractivity contribution >= 4 is 17.5 Å². The lowest BCUT2D eigenvalue weighted by Crippen LogP contribution is -2.40. The van der Waals surface area contributed by atoms with Crippen LogP contribution in [-0.2, 0) is 0 Å². The topological polar surface area (TPSA) is 96.6 Å². The lowest BCUT2D eigenvalue weighted by atomic mass is 10.2. The van der Waals surface area contributed by atoms with E-state index in [0.717, 1.165) is 11.1 Å². The molecule has 0 fully saturated rings. The Bertz CT molecular complexity index is 560. The largest absolute Gasteiger partial charge is 0.478 e. The molecule has 0 amide bonds. The third kappa shape index (κ3) is 4.29. The van der Waals surface area contributed by atoms with Crippen LogP contribution >= 0.6 is 0 Å². The van der Waals surface area contributed by atoms with Crippen molar-refractivity contribution in [3.8, 4) is 0 Å². The summed E-state index contributed by atoms with van der Waals surface area (Å²) >= 11 is 0. The van der Waals surface area contributed by atoms with Gasteiger partial charge in [0, 0.05) is 12.1 Å². The van der Waals surface area contributed by atoms with Gasteiger partial charge in [-0.3, -0.25) is 10.1 Å². The number of nitrogens with zero attached hydrogens (tertiary/aromatic N) is 3. The quantitative estimate of drug-likeness (QED) is 0.663. The first kappa shape index (κ1) is 16.7. The summed E-state index contributed by atoms with van der Waals surface area (Å²) in [5.74, 6) is -2.05. The first-order valence-electron chi connectivity index (χ1n) is 5.74. The van der Waals surface area contributed by atoms with Gasteiger partial charge in [0.2, 0.25) is 0 Å². The summed E-state index contributed by atoms with van der Waals surface area (Å²) in [5, 5.41) is 19.6. The van der Waals surface area contributed by atoms with Crippen LogP contribution in [0.15, 0.2) is 12.3 Å². The van der Waals surface area contributed by atoms with Gasteiger partial charge in [-0.15, -0.1) is 0 Å². The number of hydrogen-bond acceptors (Lipinski definition) is 5. The van der Waals surface area contributed by atoms with E-state index >= 15 is 0 Å². The van der Waals surface area contributed by atoms with Crippen LogP contribution in [0.1, 0.15) is 24.2 Å². The van der Waals surface area contributed by atoms with Crippen molar-refractivity contribution in [2.45, 2.75) is 26.1 Å². The van der Waals surface area contributed by atoms with E-state index in [2.05, 4.69) is 4.98 Å². The van der Waals surface area contributed by atoms with E-state index in [0.29, 0.717) is 6.07 Å². The number of hydrogen-bond donors (Lipinski definition) is 1. The number of aromatic carboxylic acids is 1. The molecule has 0 aromatic carbocycles. The molecule has 0 saturated carbocycles. The highest BCUT2D eigenvalue weighted by Gasteiger charge is 2.34. The molecule has 1 aromatic heterocycles. The van der Waals surface area contributed by atoms with E-state index in [1.807, 2.05) is 0 Å². The zero-order valence-corrected chi connectivity index (χ0v) is 11.1. The third-order valence-corrected chi connectivity index (χ3v) is 2.54. The van der Waals surface area contributed by atoms with E-state index in [1.165, 1.54) is 13.8 Å². The van der Waals surface area contributed by atoms with E-state index < -0.39 is 46.7 Å². The Kier molecular flexibility index (Phi) is 4.71. The molecule has 7 nitrogen and oxygen atoms in total. The van der Waals surface area contributed by atoms with Crippen LogP contribution in [0.3, 0.4) is 0 Å². The SMILES string of the molecule is CC(C)N(CC(F)(F)F)c1ncc([N+](=O)[O-])cc1C(=O)O. The number of halogens is 3. The number of alkyl halides is 3. The zero-order valence-electron chi connectivity index (χ0n) is 11.1. The van der Waals surface area contributed by atoms with Gasteiger partial charge in [0.1, 0.15) is 24.1 Å². The maximum Gasteiger partial charge on any atom is 0.405 e. The molecule has 0 aliphatic carbocycles. The number of carbonyl (C=O) groups is 1. The van der Waals surface area contributed by atoms with Gasteiger partial charge in [0.25, 0.3) is 5.69 Å². The van der Waals surface area contributed by atoms with E-state index in [9.17, 15) is 28.1 Å². The predicted octanol–water partition coefficient (Wildman–Crippen LogP) is 2.47. The number of rotatable bonds is 5.